The van der Waals surface area contributed by atoms with Crippen molar-refractivity contribution in [2.24, 2.45) is 0 Å². The largest absolute Gasteiger partial charge is 0.484 e. The molecule has 0 atom stereocenters. The zero-order valence-electron chi connectivity index (χ0n) is 17.4. The van der Waals surface area contributed by atoms with Crippen LogP contribution in [0.1, 0.15) is 11.1 Å². The zero-order chi connectivity index (χ0) is 22.7. The molecule has 0 spiro atoms. The van der Waals surface area contributed by atoms with Crippen molar-refractivity contribution >= 4 is 62.1 Å². The summed E-state index contributed by atoms with van der Waals surface area (Å²) in [4.78, 5) is 16.8. The molecule has 4 aromatic rings. The number of fused-ring (bicyclic) bond motifs is 1. The van der Waals surface area contributed by atoms with Gasteiger partial charge in [-0.15, -0.1) is 11.3 Å². The normalized spacial score (nSPS) is 10.7. The van der Waals surface area contributed by atoms with E-state index in [1.165, 1.54) is 5.56 Å². The van der Waals surface area contributed by atoms with Gasteiger partial charge in [-0.1, -0.05) is 29.8 Å². The molecule has 3 aromatic carbocycles. The number of hydrogen-bond donors (Lipinski definition) is 2. The van der Waals surface area contributed by atoms with Crippen molar-refractivity contribution in [3.05, 3.63) is 76.8 Å². The van der Waals surface area contributed by atoms with E-state index >= 15 is 0 Å². The van der Waals surface area contributed by atoms with E-state index in [2.05, 4.69) is 15.6 Å². The lowest BCUT2D eigenvalue weighted by molar-refractivity contribution is -0.121. The monoisotopic (exact) mass is 481 g/mol. The Kier molecular flexibility index (Phi) is 6.69. The van der Waals surface area contributed by atoms with E-state index in [0.29, 0.717) is 16.5 Å². The molecule has 32 heavy (non-hydrogen) atoms. The third-order valence-electron chi connectivity index (χ3n) is 4.85. The Balaban J connectivity index is 1.35. The first-order valence-corrected chi connectivity index (χ1v) is 11.5. The Morgan fingerprint density at radius 2 is 1.91 bits per heavy atom. The number of nitrogens with one attached hydrogen (secondary N) is 2. The number of hydrogen-bond acceptors (Lipinski definition) is 5. The second-order valence-corrected chi connectivity index (χ2v) is 9.06. The van der Waals surface area contributed by atoms with Gasteiger partial charge in [0.2, 0.25) is 0 Å². The second kappa shape index (κ2) is 9.65. The summed E-state index contributed by atoms with van der Waals surface area (Å²) < 4.78 is 6.64. The fourth-order valence-electron chi connectivity index (χ4n) is 3.03. The molecule has 1 amide bonds. The van der Waals surface area contributed by atoms with E-state index in [9.17, 15) is 4.79 Å². The highest BCUT2D eigenvalue weighted by Crippen LogP contribution is 2.35. The number of rotatable bonds is 5. The molecule has 0 radical (unpaired) electrons. The number of thiazole rings is 1. The maximum absolute atomic E-state index is 12.2. The Morgan fingerprint density at radius 1 is 1.09 bits per heavy atom. The van der Waals surface area contributed by atoms with E-state index in [1.807, 2.05) is 68.4 Å². The Bertz CT molecular complexity index is 1290. The first-order chi connectivity index (χ1) is 15.4. The number of anilines is 1. The molecule has 1 aromatic heterocycles. The van der Waals surface area contributed by atoms with Crippen molar-refractivity contribution in [1.29, 1.82) is 0 Å². The molecule has 0 aliphatic carbocycles. The van der Waals surface area contributed by atoms with Crippen LogP contribution in [0.2, 0.25) is 5.02 Å². The summed E-state index contributed by atoms with van der Waals surface area (Å²) in [5, 5.41) is 7.15. The van der Waals surface area contributed by atoms with Gasteiger partial charge in [0.25, 0.3) is 5.91 Å². The number of aromatic nitrogens is 1. The number of aryl methyl sites for hydroxylation is 2. The summed E-state index contributed by atoms with van der Waals surface area (Å²) in [5.41, 5.74) is 4.72. The van der Waals surface area contributed by atoms with Gasteiger partial charge in [0, 0.05) is 11.3 Å². The summed E-state index contributed by atoms with van der Waals surface area (Å²) in [6.07, 6.45) is 0. The van der Waals surface area contributed by atoms with Crippen LogP contribution in [0.5, 0.6) is 5.75 Å². The highest BCUT2D eigenvalue weighted by molar-refractivity contribution is 7.80. The van der Waals surface area contributed by atoms with Crippen molar-refractivity contribution in [3.8, 4) is 16.3 Å². The lowest BCUT2D eigenvalue weighted by Gasteiger charge is -2.12. The molecular weight excluding hydrogens is 462 g/mol. The predicted octanol–water partition coefficient (Wildman–Crippen LogP) is 6.13. The van der Waals surface area contributed by atoms with Gasteiger partial charge in [-0.25, -0.2) is 4.98 Å². The minimum Gasteiger partial charge on any atom is -0.484 e. The van der Waals surface area contributed by atoms with Crippen LogP contribution >= 0.6 is 35.2 Å². The number of benzene rings is 3. The number of carbonyl (C=O) groups excluding carboxylic acids is 1. The fraction of sp³-hybridized carbons (Fsp3) is 0.125. The van der Waals surface area contributed by atoms with E-state index in [4.69, 9.17) is 28.6 Å². The lowest BCUT2D eigenvalue weighted by atomic mass is 10.1. The minimum absolute atomic E-state index is 0.137. The highest BCUT2D eigenvalue weighted by atomic mass is 35.5. The molecule has 2 N–H and O–H groups in total. The molecule has 0 saturated carbocycles. The van der Waals surface area contributed by atoms with E-state index in [1.54, 1.807) is 17.4 Å². The van der Waals surface area contributed by atoms with Crippen LogP contribution in [-0.4, -0.2) is 22.6 Å². The Hall–Kier alpha value is -3.00. The van der Waals surface area contributed by atoms with Crippen molar-refractivity contribution in [3.63, 3.8) is 0 Å². The van der Waals surface area contributed by atoms with Crippen LogP contribution in [0.4, 0.5) is 5.69 Å². The predicted molar refractivity (Wildman–Crippen MR) is 136 cm³/mol. The molecule has 0 fully saturated rings. The number of thiocarbonyl (C=S) groups is 1. The number of carbonyl (C=O) groups is 1. The SMILES string of the molecule is Cc1ccc(OCC(=O)NC(=S)Nc2ccc(-c3nc4ccccc4s3)c(Cl)c2)cc1C. The average molecular weight is 482 g/mol. The third kappa shape index (κ3) is 5.24. The molecule has 0 aliphatic rings. The van der Waals surface area contributed by atoms with Crippen molar-refractivity contribution in [2.45, 2.75) is 13.8 Å². The smallest absolute Gasteiger partial charge is 0.264 e. The minimum atomic E-state index is -0.349. The van der Waals surface area contributed by atoms with Gasteiger partial charge in [0.1, 0.15) is 10.8 Å². The summed E-state index contributed by atoms with van der Waals surface area (Å²) in [5.74, 6) is 0.289. The number of ether oxygens (including phenoxy) is 1. The van der Waals surface area contributed by atoms with Gasteiger partial charge in [-0.2, -0.15) is 0 Å². The Morgan fingerprint density at radius 3 is 2.66 bits per heavy atom. The van der Waals surface area contributed by atoms with Crippen molar-refractivity contribution < 1.29 is 9.53 Å². The Labute approximate surface area is 200 Å². The third-order valence-corrected chi connectivity index (χ3v) is 6.44. The van der Waals surface area contributed by atoms with Crippen molar-refractivity contribution in [2.75, 3.05) is 11.9 Å². The molecular formula is C24H20ClN3O2S2. The number of nitrogens with zero attached hydrogens (tertiary/aromatic N) is 1. The van der Waals surface area contributed by atoms with Crippen LogP contribution in [0, 0.1) is 13.8 Å². The molecule has 5 nitrogen and oxygen atoms in total. The van der Waals surface area contributed by atoms with Crippen LogP contribution < -0.4 is 15.4 Å². The van der Waals surface area contributed by atoms with Gasteiger partial charge in [0.05, 0.1) is 15.2 Å². The number of amides is 1. The van der Waals surface area contributed by atoms with E-state index < -0.39 is 0 Å². The molecule has 0 aliphatic heterocycles. The summed E-state index contributed by atoms with van der Waals surface area (Å²) in [7, 11) is 0. The fourth-order valence-corrected chi connectivity index (χ4v) is 4.59. The van der Waals surface area contributed by atoms with Gasteiger partial charge in [0.15, 0.2) is 11.7 Å². The molecule has 0 bridgehead atoms. The first-order valence-electron chi connectivity index (χ1n) is 9.85. The highest BCUT2D eigenvalue weighted by Gasteiger charge is 2.12. The van der Waals surface area contributed by atoms with E-state index in [-0.39, 0.29) is 17.6 Å². The van der Waals surface area contributed by atoms with Gasteiger partial charge in [-0.3, -0.25) is 10.1 Å². The maximum atomic E-state index is 12.2. The molecule has 0 unspecified atom stereocenters. The summed E-state index contributed by atoms with van der Waals surface area (Å²) in [6, 6.07) is 19.1. The topological polar surface area (TPSA) is 63.2 Å². The standard InChI is InChI=1S/C24H20ClN3O2S2/c1-14-7-9-17(11-15(14)2)30-13-22(29)28-24(31)26-16-8-10-18(19(25)12-16)23-27-20-5-3-4-6-21(20)32-23/h3-12H,13H2,1-2H3,(H2,26,28,29,31). The van der Waals surface area contributed by atoms with Gasteiger partial charge in [-0.05, 0) is 79.7 Å². The molecule has 162 valence electrons. The second-order valence-electron chi connectivity index (χ2n) is 7.22. The number of para-hydroxylation sites is 1. The molecule has 8 heteroatoms. The molecule has 0 saturated heterocycles. The number of halogens is 1. The lowest BCUT2D eigenvalue weighted by Crippen LogP contribution is -2.37. The quantitative estimate of drug-likeness (QED) is 0.336. The molecule has 4 rings (SSSR count). The van der Waals surface area contributed by atoms with Crippen molar-refractivity contribution in [1.82, 2.24) is 10.3 Å². The molecule has 1 heterocycles. The first kappa shape index (κ1) is 22.2. The van der Waals surface area contributed by atoms with Gasteiger partial charge < -0.3 is 10.1 Å². The average Bonchev–Trinajstić information content (AvgIpc) is 3.18. The van der Waals surface area contributed by atoms with Crippen LogP contribution in [0.15, 0.2) is 60.7 Å². The van der Waals surface area contributed by atoms with Gasteiger partial charge >= 0.3 is 0 Å². The van der Waals surface area contributed by atoms with Crippen LogP contribution in [0.25, 0.3) is 20.8 Å². The van der Waals surface area contributed by atoms with E-state index in [0.717, 1.165) is 26.4 Å². The summed E-state index contributed by atoms with van der Waals surface area (Å²) in [6.45, 7) is 3.88. The van der Waals surface area contributed by atoms with Crippen LogP contribution in [0.3, 0.4) is 0 Å². The zero-order valence-corrected chi connectivity index (χ0v) is 19.8. The maximum Gasteiger partial charge on any atom is 0.264 e. The van der Waals surface area contributed by atoms with Crippen LogP contribution in [-0.2, 0) is 4.79 Å². The summed E-state index contributed by atoms with van der Waals surface area (Å²) >= 11 is 13.3.